The van der Waals surface area contributed by atoms with Crippen LogP contribution in [0.2, 0.25) is 0 Å². The molecule has 1 heterocycles. The first-order chi connectivity index (χ1) is 9.70. The van der Waals surface area contributed by atoms with Crippen molar-refractivity contribution in [1.29, 1.82) is 0 Å². The average molecular weight is 273 g/mol. The second-order valence-corrected chi connectivity index (χ2v) is 6.79. The van der Waals surface area contributed by atoms with Crippen molar-refractivity contribution < 1.29 is 4.74 Å². The monoisotopic (exact) mass is 273 g/mol. The molecule has 3 rings (SSSR count). The summed E-state index contributed by atoms with van der Waals surface area (Å²) in [7, 11) is 0. The molecule has 2 nitrogen and oxygen atoms in total. The van der Waals surface area contributed by atoms with E-state index in [1.54, 1.807) is 0 Å². The largest absolute Gasteiger partial charge is 0.493 e. The number of fused-ring (bicyclic) bond motifs is 1. The Morgan fingerprint density at radius 1 is 1.20 bits per heavy atom. The maximum atomic E-state index is 6.72. The third-order valence-electron chi connectivity index (χ3n) is 5.41. The van der Waals surface area contributed by atoms with Gasteiger partial charge >= 0.3 is 0 Å². The highest BCUT2D eigenvalue weighted by Gasteiger charge is 2.35. The lowest BCUT2D eigenvalue weighted by atomic mass is 9.70. The molecule has 2 aliphatic rings. The lowest BCUT2D eigenvalue weighted by molar-refractivity contribution is 0.187. The molecule has 0 spiro atoms. The summed E-state index contributed by atoms with van der Waals surface area (Å²) in [6, 6.07) is 8.50. The number of nitrogens with two attached hydrogens (primary N) is 1. The molecule has 20 heavy (non-hydrogen) atoms. The fourth-order valence-corrected chi connectivity index (χ4v) is 3.98. The van der Waals surface area contributed by atoms with E-state index in [1.165, 1.54) is 37.7 Å². The Hall–Kier alpha value is -1.02. The first-order valence-electron chi connectivity index (χ1n) is 8.21. The minimum atomic E-state index is 0.0563. The molecular formula is C18H27NO. The molecule has 2 heteroatoms. The molecule has 1 fully saturated rings. The van der Waals surface area contributed by atoms with Crippen LogP contribution in [0.3, 0.4) is 0 Å². The standard InChI is InChI=1S/C18H27NO/c1-2-14-7-10-18(19,11-8-14)13-15-9-12-20-17-6-4-3-5-16(15)17/h3-6,14-15H,2,7-13,19H2,1H3. The maximum absolute atomic E-state index is 6.72. The molecule has 1 aromatic rings. The van der Waals surface area contributed by atoms with Crippen LogP contribution in [0, 0.1) is 5.92 Å². The van der Waals surface area contributed by atoms with E-state index in [0.29, 0.717) is 5.92 Å². The molecule has 2 N–H and O–H groups in total. The zero-order chi connectivity index (χ0) is 14.0. The molecule has 1 saturated carbocycles. The summed E-state index contributed by atoms with van der Waals surface area (Å²) >= 11 is 0. The Morgan fingerprint density at radius 2 is 1.95 bits per heavy atom. The Labute approximate surface area is 122 Å². The van der Waals surface area contributed by atoms with E-state index in [4.69, 9.17) is 10.5 Å². The third kappa shape index (κ3) is 2.85. The Balaban J connectivity index is 1.69. The maximum Gasteiger partial charge on any atom is 0.122 e. The fraction of sp³-hybridized carbons (Fsp3) is 0.667. The topological polar surface area (TPSA) is 35.2 Å². The number of rotatable bonds is 3. The number of benzene rings is 1. The zero-order valence-electron chi connectivity index (χ0n) is 12.6. The molecule has 0 saturated heterocycles. The molecule has 1 atom stereocenters. The first kappa shape index (κ1) is 13.9. The van der Waals surface area contributed by atoms with Crippen molar-refractivity contribution in [3.8, 4) is 5.75 Å². The van der Waals surface area contributed by atoms with Gasteiger partial charge in [-0.05, 0) is 62.0 Å². The van der Waals surface area contributed by atoms with E-state index in [-0.39, 0.29) is 5.54 Å². The van der Waals surface area contributed by atoms with Crippen LogP contribution >= 0.6 is 0 Å². The van der Waals surface area contributed by atoms with Gasteiger partial charge in [0, 0.05) is 5.54 Å². The molecule has 0 radical (unpaired) electrons. The van der Waals surface area contributed by atoms with Gasteiger partial charge in [-0.3, -0.25) is 0 Å². The van der Waals surface area contributed by atoms with Crippen LogP contribution in [0.1, 0.15) is 63.4 Å². The normalized spacial score (nSPS) is 33.3. The van der Waals surface area contributed by atoms with E-state index >= 15 is 0 Å². The molecular weight excluding hydrogens is 246 g/mol. The van der Waals surface area contributed by atoms with Crippen molar-refractivity contribution in [2.45, 2.75) is 63.3 Å². The second-order valence-electron chi connectivity index (χ2n) is 6.79. The predicted molar refractivity (Wildman–Crippen MR) is 83.1 cm³/mol. The highest BCUT2D eigenvalue weighted by atomic mass is 16.5. The first-order valence-corrected chi connectivity index (χ1v) is 8.21. The van der Waals surface area contributed by atoms with E-state index in [2.05, 4.69) is 31.2 Å². The number of ether oxygens (including phenoxy) is 1. The third-order valence-corrected chi connectivity index (χ3v) is 5.41. The summed E-state index contributed by atoms with van der Waals surface area (Å²) in [5.41, 5.74) is 8.16. The van der Waals surface area contributed by atoms with Crippen LogP contribution in [0.25, 0.3) is 0 Å². The van der Waals surface area contributed by atoms with Gasteiger partial charge in [0.2, 0.25) is 0 Å². The van der Waals surface area contributed by atoms with Crippen molar-refractivity contribution in [2.75, 3.05) is 6.61 Å². The van der Waals surface area contributed by atoms with Gasteiger partial charge in [0.25, 0.3) is 0 Å². The summed E-state index contributed by atoms with van der Waals surface area (Å²) in [5, 5.41) is 0. The minimum absolute atomic E-state index is 0.0563. The van der Waals surface area contributed by atoms with Crippen LogP contribution < -0.4 is 10.5 Å². The van der Waals surface area contributed by atoms with Gasteiger partial charge in [-0.15, -0.1) is 0 Å². The van der Waals surface area contributed by atoms with Gasteiger partial charge in [0.1, 0.15) is 5.75 Å². The lowest BCUT2D eigenvalue weighted by Crippen LogP contribution is -2.45. The van der Waals surface area contributed by atoms with Gasteiger partial charge in [0.05, 0.1) is 6.61 Å². The quantitative estimate of drug-likeness (QED) is 0.894. The number of hydrogen-bond acceptors (Lipinski definition) is 2. The molecule has 1 aromatic carbocycles. The predicted octanol–water partition coefficient (Wildman–Crippen LogP) is 4.24. The van der Waals surface area contributed by atoms with Crippen LogP contribution in [0.4, 0.5) is 0 Å². The van der Waals surface area contributed by atoms with Crippen molar-refractivity contribution in [2.24, 2.45) is 11.7 Å². The highest BCUT2D eigenvalue weighted by Crippen LogP contribution is 2.42. The van der Waals surface area contributed by atoms with Crippen LogP contribution in [0.5, 0.6) is 5.75 Å². The molecule has 1 unspecified atom stereocenters. The van der Waals surface area contributed by atoms with E-state index in [0.717, 1.165) is 31.1 Å². The zero-order valence-corrected chi connectivity index (χ0v) is 12.6. The van der Waals surface area contributed by atoms with Crippen molar-refractivity contribution in [3.63, 3.8) is 0 Å². The molecule has 0 amide bonds. The highest BCUT2D eigenvalue weighted by molar-refractivity contribution is 5.38. The average Bonchev–Trinajstić information content (AvgIpc) is 2.48. The van der Waals surface area contributed by atoms with Crippen LogP contribution in [-0.2, 0) is 0 Å². The smallest absolute Gasteiger partial charge is 0.122 e. The summed E-state index contributed by atoms with van der Waals surface area (Å²) in [6.07, 6.45) is 8.60. The van der Waals surface area contributed by atoms with Gasteiger partial charge in [-0.1, -0.05) is 31.5 Å². The van der Waals surface area contributed by atoms with Gasteiger partial charge < -0.3 is 10.5 Å². The van der Waals surface area contributed by atoms with Gasteiger partial charge in [-0.2, -0.15) is 0 Å². The van der Waals surface area contributed by atoms with Crippen molar-refractivity contribution >= 4 is 0 Å². The molecule has 110 valence electrons. The van der Waals surface area contributed by atoms with Crippen molar-refractivity contribution in [3.05, 3.63) is 29.8 Å². The van der Waals surface area contributed by atoms with Gasteiger partial charge in [-0.25, -0.2) is 0 Å². The number of para-hydroxylation sites is 1. The van der Waals surface area contributed by atoms with E-state index in [9.17, 15) is 0 Å². The molecule has 1 aliphatic heterocycles. The Kier molecular flexibility index (Phi) is 4.02. The van der Waals surface area contributed by atoms with Crippen molar-refractivity contribution in [1.82, 2.24) is 0 Å². The molecule has 0 bridgehead atoms. The summed E-state index contributed by atoms with van der Waals surface area (Å²) in [6.45, 7) is 3.15. The van der Waals surface area contributed by atoms with Gasteiger partial charge in [0.15, 0.2) is 0 Å². The number of hydrogen-bond donors (Lipinski definition) is 1. The molecule has 0 aromatic heterocycles. The summed E-state index contributed by atoms with van der Waals surface area (Å²) < 4.78 is 5.77. The Bertz CT molecular complexity index is 448. The van der Waals surface area contributed by atoms with E-state index in [1.807, 2.05) is 0 Å². The minimum Gasteiger partial charge on any atom is -0.493 e. The summed E-state index contributed by atoms with van der Waals surface area (Å²) in [4.78, 5) is 0. The summed E-state index contributed by atoms with van der Waals surface area (Å²) in [5.74, 6) is 2.58. The second kappa shape index (κ2) is 5.77. The van der Waals surface area contributed by atoms with Crippen LogP contribution in [-0.4, -0.2) is 12.1 Å². The van der Waals surface area contributed by atoms with E-state index < -0.39 is 0 Å². The molecule has 1 aliphatic carbocycles. The fourth-order valence-electron chi connectivity index (χ4n) is 3.98. The lowest BCUT2D eigenvalue weighted by Gasteiger charge is -2.40. The Morgan fingerprint density at radius 3 is 2.70 bits per heavy atom. The SMILES string of the molecule is CCC1CCC(N)(CC2CCOc3ccccc32)CC1. The van der Waals surface area contributed by atoms with Crippen LogP contribution in [0.15, 0.2) is 24.3 Å².